The standard InChI is InChI=1S/C24H19ClF4N4O2S/c25-16-3-2-14(17(9-16)24(27,28)29)12-32-19-4-1-13(7-15(19)10-31-32)8-21-22(34)33(23(35)36-21)20-5-6-30-11-18(20)26/h1-4,7-10,18,20,30H,5-6,11-12H2/t18-,20-/m1/s1. The van der Waals surface area contributed by atoms with Gasteiger partial charge in [-0.25, -0.2) is 4.39 Å². The van der Waals surface area contributed by atoms with Crippen LogP contribution in [0.1, 0.15) is 23.1 Å². The van der Waals surface area contributed by atoms with Crippen LogP contribution >= 0.6 is 23.4 Å². The van der Waals surface area contributed by atoms with Crippen LogP contribution in [0.3, 0.4) is 0 Å². The van der Waals surface area contributed by atoms with Gasteiger partial charge in [0.25, 0.3) is 11.1 Å². The van der Waals surface area contributed by atoms with Gasteiger partial charge in [-0.2, -0.15) is 18.3 Å². The van der Waals surface area contributed by atoms with Gasteiger partial charge in [0.2, 0.25) is 0 Å². The van der Waals surface area contributed by atoms with Crippen LogP contribution in [0.5, 0.6) is 0 Å². The Morgan fingerprint density at radius 2 is 2.00 bits per heavy atom. The van der Waals surface area contributed by atoms with Gasteiger partial charge in [0.05, 0.1) is 34.8 Å². The first kappa shape index (κ1) is 24.8. The number of carbonyl (C=O) groups excluding carboxylic acids is 2. The topological polar surface area (TPSA) is 67.2 Å². The summed E-state index contributed by atoms with van der Waals surface area (Å²) in [7, 11) is 0. The van der Waals surface area contributed by atoms with Crippen molar-refractivity contribution in [2.75, 3.05) is 13.1 Å². The number of carbonyl (C=O) groups is 2. The van der Waals surface area contributed by atoms with Gasteiger partial charge in [0.15, 0.2) is 0 Å². The first-order valence-corrected chi connectivity index (χ1v) is 12.2. The van der Waals surface area contributed by atoms with Crippen LogP contribution in [-0.4, -0.2) is 51.1 Å². The van der Waals surface area contributed by atoms with Gasteiger partial charge in [0.1, 0.15) is 6.17 Å². The van der Waals surface area contributed by atoms with Crippen molar-refractivity contribution in [3.8, 4) is 0 Å². The van der Waals surface area contributed by atoms with E-state index in [1.165, 1.54) is 23.0 Å². The second kappa shape index (κ2) is 9.53. The number of piperidine rings is 1. The summed E-state index contributed by atoms with van der Waals surface area (Å²) in [6.45, 7) is 0.494. The molecule has 36 heavy (non-hydrogen) atoms. The van der Waals surface area contributed by atoms with Crippen molar-refractivity contribution < 1.29 is 27.2 Å². The Hall–Kier alpha value is -2.89. The fraction of sp³-hybridized carbons (Fsp3) is 0.292. The average molecular weight is 539 g/mol. The van der Waals surface area contributed by atoms with E-state index in [-0.39, 0.29) is 28.6 Å². The maximum atomic E-state index is 14.3. The lowest BCUT2D eigenvalue weighted by Gasteiger charge is -2.32. The number of amides is 2. The van der Waals surface area contributed by atoms with Crippen molar-refractivity contribution >= 4 is 51.5 Å². The molecule has 3 aromatic rings. The molecule has 2 atom stereocenters. The largest absolute Gasteiger partial charge is 0.416 e. The van der Waals surface area contributed by atoms with E-state index in [1.807, 2.05) is 0 Å². The molecule has 2 aromatic carbocycles. The monoisotopic (exact) mass is 538 g/mol. The van der Waals surface area contributed by atoms with E-state index in [4.69, 9.17) is 11.6 Å². The highest BCUT2D eigenvalue weighted by Gasteiger charge is 2.43. The smallest absolute Gasteiger partial charge is 0.314 e. The van der Waals surface area contributed by atoms with Crippen LogP contribution in [0.15, 0.2) is 47.5 Å². The zero-order valence-electron chi connectivity index (χ0n) is 18.6. The quantitative estimate of drug-likeness (QED) is 0.351. The van der Waals surface area contributed by atoms with Crippen molar-refractivity contribution in [1.29, 1.82) is 0 Å². The van der Waals surface area contributed by atoms with Crippen LogP contribution in [-0.2, 0) is 17.5 Å². The van der Waals surface area contributed by atoms with E-state index in [0.29, 0.717) is 29.4 Å². The zero-order chi connectivity index (χ0) is 25.6. The first-order valence-electron chi connectivity index (χ1n) is 11.0. The molecule has 12 heteroatoms. The molecule has 2 saturated heterocycles. The number of imide groups is 1. The number of hydrogen-bond acceptors (Lipinski definition) is 5. The number of alkyl halides is 4. The summed E-state index contributed by atoms with van der Waals surface area (Å²) in [4.78, 5) is 26.6. The number of rotatable bonds is 4. The molecule has 3 heterocycles. The summed E-state index contributed by atoms with van der Waals surface area (Å²) in [5.41, 5.74) is 0.407. The lowest BCUT2D eigenvalue weighted by Crippen LogP contribution is -2.52. The second-order valence-corrected chi connectivity index (χ2v) is 9.98. The van der Waals surface area contributed by atoms with E-state index in [0.717, 1.165) is 22.7 Å². The minimum Gasteiger partial charge on any atom is -0.314 e. The highest BCUT2D eigenvalue weighted by atomic mass is 35.5. The van der Waals surface area contributed by atoms with Gasteiger partial charge < -0.3 is 5.32 Å². The predicted molar refractivity (Wildman–Crippen MR) is 129 cm³/mol. The van der Waals surface area contributed by atoms with Gasteiger partial charge in [-0.1, -0.05) is 23.7 Å². The Morgan fingerprint density at radius 3 is 2.75 bits per heavy atom. The van der Waals surface area contributed by atoms with Crippen LogP contribution in [0, 0.1) is 0 Å². The summed E-state index contributed by atoms with van der Waals surface area (Å²) in [5.74, 6) is -0.530. The molecule has 0 unspecified atom stereocenters. The molecular weight excluding hydrogens is 520 g/mol. The minimum atomic E-state index is -4.56. The molecule has 0 bridgehead atoms. The van der Waals surface area contributed by atoms with E-state index < -0.39 is 35.1 Å². The lowest BCUT2D eigenvalue weighted by atomic mass is 10.0. The van der Waals surface area contributed by atoms with Crippen molar-refractivity contribution in [2.45, 2.75) is 31.4 Å². The molecule has 2 fully saturated rings. The molecular formula is C24H19ClF4N4O2S. The number of halogens is 5. The first-order chi connectivity index (χ1) is 17.1. The van der Waals surface area contributed by atoms with Crippen LogP contribution < -0.4 is 5.32 Å². The highest BCUT2D eigenvalue weighted by molar-refractivity contribution is 8.18. The number of benzene rings is 2. The number of hydrogen-bond donors (Lipinski definition) is 1. The molecule has 0 aliphatic carbocycles. The molecule has 2 aliphatic heterocycles. The lowest BCUT2D eigenvalue weighted by molar-refractivity contribution is -0.138. The molecule has 0 radical (unpaired) electrons. The molecule has 6 nitrogen and oxygen atoms in total. The van der Waals surface area contributed by atoms with E-state index in [2.05, 4.69) is 10.4 Å². The van der Waals surface area contributed by atoms with Gasteiger partial charge in [0, 0.05) is 17.0 Å². The molecule has 0 saturated carbocycles. The SMILES string of the molecule is O=C1SC(=Cc2ccc3c(cnn3Cc3ccc(Cl)cc3C(F)(F)F)c2)C(=O)N1[C@@H]1CCNC[C@H]1F. The average Bonchev–Trinajstić information content (AvgIpc) is 3.34. The zero-order valence-corrected chi connectivity index (χ0v) is 20.1. The summed E-state index contributed by atoms with van der Waals surface area (Å²) in [5, 5.41) is 7.27. The Morgan fingerprint density at radius 1 is 1.19 bits per heavy atom. The van der Waals surface area contributed by atoms with Gasteiger partial charge >= 0.3 is 6.18 Å². The Balaban J connectivity index is 1.40. The van der Waals surface area contributed by atoms with E-state index in [1.54, 1.807) is 24.3 Å². The number of aromatic nitrogens is 2. The second-order valence-electron chi connectivity index (χ2n) is 8.55. The summed E-state index contributed by atoms with van der Waals surface area (Å²) >= 11 is 6.53. The Kier molecular flexibility index (Phi) is 6.56. The number of fused-ring (bicyclic) bond motifs is 1. The highest BCUT2D eigenvalue weighted by Crippen LogP contribution is 2.37. The third kappa shape index (κ3) is 4.74. The van der Waals surface area contributed by atoms with Gasteiger partial charge in [-0.3, -0.25) is 19.2 Å². The normalized spacial score (nSPS) is 22.2. The molecule has 5 rings (SSSR count). The van der Waals surface area contributed by atoms with Crippen molar-refractivity contribution in [3.63, 3.8) is 0 Å². The fourth-order valence-corrected chi connectivity index (χ4v) is 5.51. The summed E-state index contributed by atoms with van der Waals surface area (Å²) < 4.78 is 56.2. The number of nitrogens with one attached hydrogen (secondary N) is 1. The molecule has 2 aliphatic rings. The number of thioether (sulfide) groups is 1. The van der Waals surface area contributed by atoms with Crippen LogP contribution in [0.4, 0.5) is 22.4 Å². The molecule has 0 spiro atoms. The van der Waals surface area contributed by atoms with E-state index >= 15 is 0 Å². The van der Waals surface area contributed by atoms with Crippen LogP contribution in [0.2, 0.25) is 5.02 Å². The van der Waals surface area contributed by atoms with Gasteiger partial charge in [-0.05, 0) is 66.2 Å². The third-order valence-electron chi connectivity index (χ3n) is 6.19. The minimum absolute atomic E-state index is 0.00681. The van der Waals surface area contributed by atoms with Gasteiger partial charge in [-0.15, -0.1) is 0 Å². The Bertz CT molecular complexity index is 1390. The maximum Gasteiger partial charge on any atom is 0.416 e. The van der Waals surface area contributed by atoms with Crippen molar-refractivity contribution in [2.24, 2.45) is 0 Å². The van der Waals surface area contributed by atoms with Crippen molar-refractivity contribution in [3.05, 3.63) is 69.2 Å². The molecule has 2 amide bonds. The maximum absolute atomic E-state index is 14.3. The van der Waals surface area contributed by atoms with Crippen molar-refractivity contribution in [1.82, 2.24) is 20.0 Å². The molecule has 1 N–H and O–H groups in total. The molecule has 188 valence electrons. The Labute approximate surface area is 212 Å². The predicted octanol–water partition coefficient (Wildman–Crippen LogP) is 5.49. The fourth-order valence-electron chi connectivity index (χ4n) is 4.45. The molecule has 1 aromatic heterocycles. The summed E-state index contributed by atoms with van der Waals surface area (Å²) in [6.07, 6.45) is -2.47. The van der Waals surface area contributed by atoms with E-state index in [9.17, 15) is 27.2 Å². The summed E-state index contributed by atoms with van der Waals surface area (Å²) in [6, 6.07) is 7.92. The van der Waals surface area contributed by atoms with Crippen LogP contribution in [0.25, 0.3) is 17.0 Å². The number of nitrogens with zero attached hydrogens (tertiary/aromatic N) is 3. The third-order valence-corrected chi connectivity index (χ3v) is 7.31.